The molecule has 0 heterocycles. The fourth-order valence-electron chi connectivity index (χ4n) is 3.96. The van der Waals surface area contributed by atoms with Gasteiger partial charge in [0.05, 0.1) is 19.3 Å². The topological polar surface area (TPSA) is 109 Å². The number of nitrogens with zero attached hydrogens (tertiary/aromatic N) is 1. The van der Waals surface area contributed by atoms with Crippen molar-refractivity contribution in [3.05, 3.63) is 94.5 Å². The maximum atomic E-state index is 12.6. The number of hydrogen-bond acceptors (Lipinski definition) is 7. The van der Waals surface area contributed by atoms with Gasteiger partial charge in [-0.15, -0.1) is 0 Å². The van der Waals surface area contributed by atoms with Gasteiger partial charge in [0.1, 0.15) is 0 Å². The minimum absolute atomic E-state index is 0.317. The lowest BCUT2D eigenvalue weighted by molar-refractivity contribution is -0.105. The molecule has 2 amide bonds. The van der Waals surface area contributed by atoms with Gasteiger partial charge in [0.15, 0.2) is 0 Å². The molecule has 3 aromatic carbocycles. The lowest BCUT2D eigenvalue weighted by Crippen LogP contribution is -2.28. The predicted octanol–water partition coefficient (Wildman–Crippen LogP) is 4.57. The summed E-state index contributed by atoms with van der Waals surface area (Å²) in [7, 11) is 5.16. The van der Waals surface area contributed by atoms with Crippen LogP contribution in [0.2, 0.25) is 0 Å². The fourth-order valence-corrected chi connectivity index (χ4v) is 3.96. The van der Waals surface area contributed by atoms with E-state index in [4.69, 9.17) is 9.57 Å². The Morgan fingerprint density at radius 3 is 2.31 bits per heavy atom. The zero-order chi connectivity index (χ0) is 28.4. The number of rotatable bonds is 12. The van der Waals surface area contributed by atoms with Crippen molar-refractivity contribution in [2.24, 2.45) is 0 Å². The second-order valence-corrected chi connectivity index (χ2v) is 9.12. The van der Waals surface area contributed by atoms with Crippen LogP contribution in [0.5, 0.6) is 0 Å². The number of esters is 1. The Bertz CT molecular complexity index is 1350. The minimum Gasteiger partial charge on any atom is -0.465 e. The van der Waals surface area contributed by atoms with Gasteiger partial charge in [0.25, 0.3) is 5.91 Å². The largest absolute Gasteiger partial charge is 0.465 e. The molecule has 0 aliphatic carbocycles. The molecule has 0 fully saturated rings. The van der Waals surface area contributed by atoms with E-state index < -0.39 is 5.97 Å². The van der Waals surface area contributed by atoms with Crippen molar-refractivity contribution in [1.82, 2.24) is 10.4 Å². The molecule has 0 aliphatic heterocycles. The molecule has 0 aromatic heterocycles. The molecule has 9 nitrogen and oxygen atoms in total. The average Bonchev–Trinajstić information content (AvgIpc) is 2.93. The van der Waals surface area contributed by atoms with Gasteiger partial charge in [-0.25, -0.2) is 10.3 Å². The number of hydroxylamine groups is 1. The van der Waals surface area contributed by atoms with Gasteiger partial charge in [0, 0.05) is 34.7 Å². The molecule has 3 aromatic rings. The van der Waals surface area contributed by atoms with E-state index in [2.05, 4.69) is 16.1 Å². The molecule has 0 radical (unpaired) electrons. The first kappa shape index (κ1) is 29.1. The molecule has 9 heteroatoms. The maximum absolute atomic E-state index is 12.6. The number of ether oxygens (including phenoxy) is 1. The van der Waals surface area contributed by atoms with E-state index in [1.165, 1.54) is 7.11 Å². The van der Waals surface area contributed by atoms with Gasteiger partial charge in [-0.05, 0) is 75.0 Å². The van der Waals surface area contributed by atoms with Gasteiger partial charge in [-0.1, -0.05) is 36.4 Å². The first-order valence-electron chi connectivity index (χ1n) is 12.4. The van der Waals surface area contributed by atoms with Crippen molar-refractivity contribution in [2.45, 2.75) is 13.8 Å². The minimum atomic E-state index is -0.499. The summed E-state index contributed by atoms with van der Waals surface area (Å²) in [6, 6.07) is 20.2. The average molecular weight is 531 g/mol. The van der Waals surface area contributed by atoms with Crippen LogP contribution >= 0.6 is 0 Å². The van der Waals surface area contributed by atoms with Gasteiger partial charge in [0.2, 0.25) is 6.41 Å². The van der Waals surface area contributed by atoms with Crippen LogP contribution in [-0.2, 0) is 14.4 Å². The van der Waals surface area contributed by atoms with Gasteiger partial charge >= 0.3 is 5.97 Å². The van der Waals surface area contributed by atoms with Crippen LogP contribution in [-0.4, -0.2) is 57.5 Å². The molecule has 0 bridgehead atoms. The van der Waals surface area contributed by atoms with E-state index in [9.17, 15) is 14.4 Å². The Labute approximate surface area is 228 Å². The van der Waals surface area contributed by atoms with Crippen LogP contribution in [0.15, 0.2) is 66.7 Å². The van der Waals surface area contributed by atoms with Crippen molar-refractivity contribution in [3.63, 3.8) is 0 Å². The number of methoxy groups -OCH3 is 1. The van der Waals surface area contributed by atoms with Crippen LogP contribution in [0, 0.1) is 6.92 Å². The van der Waals surface area contributed by atoms with Gasteiger partial charge in [-0.3, -0.25) is 14.4 Å². The maximum Gasteiger partial charge on any atom is 0.337 e. The van der Waals surface area contributed by atoms with Crippen molar-refractivity contribution in [3.8, 4) is 0 Å². The molecule has 3 N–H and O–H groups in total. The third-order valence-electron chi connectivity index (χ3n) is 6.04. The Morgan fingerprint density at radius 1 is 0.949 bits per heavy atom. The summed E-state index contributed by atoms with van der Waals surface area (Å²) < 4.78 is 4.82. The van der Waals surface area contributed by atoms with Crippen molar-refractivity contribution in [2.75, 3.05) is 45.0 Å². The Morgan fingerprint density at radius 2 is 1.67 bits per heavy atom. The number of hydrogen-bond donors (Lipinski definition) is 3. The number of benzene rings is 3. The van der Waals surface area contributed by atoms with Crippen LogP contribution in [0.4, 0.5) is 11.4 Å². The number of likely N-dealkylation sites (N-methyl/N-ethyl adjacent to an activating group) is 1. The summed E-state index contributed by atoms with van der Waals surface area (Å²) in [6.45, 7) is 4.85. The second kappa shape index (κ2) is 13.9. The summed E-state index contributed by atoms with van der Waals surface area (Å²) in [5.74, 6) is -0.815. The standard InChI is InChI=1S/C30H34N4O5/c1-20-17-24(12-14-25(20)29(36)33-39-16-15-34(3)4)32-28(22-9-7-6-8-10-22)21(2)26-13-11-23(30(37)38-5)18-27(26)31-19-35/h6-14,17-19,32H,15-16H2,1-5H3,(H,31,35)(H,33,36)/b28-21+. The molecular formula is C30H34N4O5. The van der Waals surface area contributed by atoms with E-state index >= 15 is 0 Å². The van der Waals surface area contributed by atoms with Crippen molar-refractivity contribution < 1.29 is 24.0 Å². The fraction of sp³-hybridized carbons (Fsp3) is 0.233. The Balaban J connectivity index is 1.96. The number of nitrogens with one attached hydrogen (secondary N) is 3. The molecule has 204 valence electrons. The Hall–Kier alpha value is -4.47. The van der Waals surface area contributed by atoms with E-state index in [1.807, 2.05) is 75.3 Å². The number of carbonyl (C=O) groups excluding carboxylic acids is 3. The van der Waals surface area contributed by atoms with Crippen LogP contribution in [0.3, 0.4) is 0 Å². The summed E-state index contributed by atoms with van der Waals surface area (Å²) in [5.41, 5.74) is 8.59. The highest BCUT2D eigenvalue weighted by Crippen LogP contribution is 2.33. The lowest BCUT2D eigenvalue weighted by Gasteiger charge is -2.19. The van der Waals surface area contributed by atoms with E-state index in [0.717, 1.165) is 33.6 Å². The number of allylic oxidation sites excluding steroid dienone is 1. The molecule has 0 saturated heterocycles. The van der Waals surface area contributed by atoms with Crippen LogP contribution < -0.4 is 16.1 Å². The highest BCUT2D eigenvalue weighted by atomic mass is 16.7. The molecule has 3 rings (SSSR count). The number of aryl methyl sites for hydroxylation is 1. The summed E-state index contributed by atoms with van der Waals surface area (Å²) in [6.07, 6.45) is 0.570. The van der Waals surface area contributed by atoms with Gasteiger partial charge in [-0.2, -0.15) is 0 Å². The molecule has 0 saturated carbocycles. The third kappa shape index (κ3) is 7.76. The predicted molar refractivity (Wildman–Crippen MR) is 153 cm³/mol. The molecular weight excluding hydrogens is 496 g/mol. The van der Waals surface area contributed by atoms with Crippen LogP contribution in [0.25, 0.3) is 11.3 Å². The highest BCUT2D eigenvalue weighted by Gasteiger charge is 2.16. The smallest absolute Gasteiger partial charge is 0.337 e. The van der Waals surface area contributed by atoms with E-state index in [0.29, 0.717) is 36.4 Å². The molecule has 0 aliphatic rings. The normalized spacial score (nSPS) is 11.4. The molecule has 0 unspecified atom stereocenters. The molecule has 0 atom stereocenters. The summed E-state index contributed by atoms with van der Waals surface area (Å²) >= 11 is 0. The zero-order valence-electron chi connectivity index (χ0n) is 22.8. The van der Waals surface area contributed by atoms with Crippen LogP contribution in [0.1, 0.15) is 44.3 Å². The third-order valence-corrected chi connectivity index (χ3v) is 6.04. The van der Waals surface area contributed by atoms with Crippen molar-refractivity contribution >= 4 is 40.9 Å². The zero-order valence-corrected chi connectivity index (χ0v) is 22.8. The lowest BCUT2D eigenvalue weighted by atomic mass is 9.97. The molecule has 0 spiro atoms. The first-order valence-corrected chi connectivity index (χ1v) is 12.4. The first-order chi connectivity index (χ1) is 18.7. The van der Waals surface area contributed by atoms with E-state index in [1.54, 1.807) is 24.3 Å². The SMILES string of the molecule is COC(=O)c1ccc(/C(C)=C(/Nc2ccc(C(=O)NOCCN(C)C)c(C)c2)c2ccccc2)c(NC=O)c1. The number of carbonyl (C=O) groups is 3. The molecule has 39 heavy (non-hydrogen) atoms. The monoisotopic (exact) mass is 530 g/mol. The Kier molecular flexibility index (Phi) is 10.4. The van der Waals surface area contributed by atoms with E-state index in [-0.39, 0.29) is 5.91 Å². The van der Waals surface area contributed by atoms with Crippen molar-refractivity contribution in [1.29, 1.82) is 0 Å². The second-order valence-electron chi connectivity index (χ2n) is 9.12. The number of amides is 2. The van der Waals surface area contributed by atoms with Gasteiger partial charge < -0.3 is 20.3 Å². The number of anilines is 2. The quantitative estimate of drug-likeness (QED) is 0.103. The summed E-state index contributed by atoms with van der Waals surface area (Å²) in [4.78, 5) is 43.3. The highest BCUT2D eigenvalue weighted by molar-refractivity contribution is 6.01. The summed E-state index contributed by atoms with van der Waals surface area (Å²) in [5, 5.41) is 6.18.